The first-order valence-electron chi connectivity index (χ1n) is 3.69. The van der Waals surface area contributed by atoms with Crippen molar-refractivity contribution in [3.05, 3.63) is 11.8 Å². The molecular weight excluding hydrogens is 165 g/mol. The fraction of sp³-hybridized carbons (Fsp3) is 0.625. The van der Waals surface area contributed by atoms with Crippen molar-refractivity contribution in [1.29, 1.82) is 0 Å². The zero-order chi connectivity index (χ0) is 9.72. The maximum Gasteiger partial charge on any atom is 1.00 e. The SMILES string of the molecule is C/C=C(\[O-])C(C)C(=O)N(C)OC.[Li+]. The first-order valence-corrected chi connectivity index (χ1v) is 3.69. The van der Waals surface area contributed by atoms with Crippen LogP contribution in [0.25, 0.3) is 0 Å². The van der Waals surface area contributed by atoms with E-state index in [0.717, 1.165) is 5.06 Å². The van der Waals surface area contributed by atoms with Gasteiger partial charge in [0.25, 0.3) is 5.91 Å². The summed E-state index contributed by atoms with van der Waals surface area (Å²) in [5.41, 5.74) is 0. The number of hydrogen-bond donors (Lipinski definition) is 0. The molecular formula is C8H14LiNO3. The van der Waals surface area contributed by atoms with E-state index in [9.17, 15) is 9.90 Å². The van der Waals surface area contributed by atoms with Gasteiger partial charge in [0.05, 0.1) is 7.11 Å². The Kier molecular flexibility index (Phi) is 8.13. The van der Waals surface area contributed by atoms with Gasteiger partial charge in [-0.3, -0.25) is 9.63 Å². The van der Waals surface area contributed by atoms with Crippen molar-refractivity contribution in [2.75, 3.05) is 14.2 Å². The molecule has 1 unspecified atom stereocenters. The zero-order valence-electron chi connectivity index (χ0n) is 8.83. The number of allylic oxidation sites excluding steroid dienone is 1. The van der Waals surface area contributed by atoms with Crippen LogP contribution < -0.4 is 24.0 Å². The van der Waals surface area contributed by atoms with E-state index in [1.54, 1.807) is 13.8 Å². The molecule has 0 heterocycles. The third-order valence-corrected chi connectivity index (χ3v) is 1.67. The second-order valence-corrected chi connectivity index (χ2v) is 2.43. The standard InChI is InChI=1S/C8H15NO3.Li/c1-5-7(10)6(2)8(11)9(3)12-4;/h5-6,10H,1-4H3;/q;+1/p-1/b7-5-;. The molecule has 4 nitrogen and oxygen atoms in total. The van der Waals surface area contributed by atoms with E-state index in [1.165, 1.54) is 20.2 Å². The first-order chi connectivity index (χ1) is 5.54. The normalized spacial score (nSPS) is 13.1. The molecule has 0 aliphatic rings. The van der Waals surface area contributed by atoms with E-state index >= 15 is 0 Å². The maximum absolute atomic E-state index is 11.2. The molecule has 0 aliphatic heterocycles. The predicted molar refractivity (Wildman–Crippen MR) is 42.7 cm³/mol. The smallest absolute Gasteiger partial charge is 0.875 e. The van der Waals surface area contributed by atoms with Crippen molar-refractivity contribution >= 4 is 5.91 Å². The largest absolute Gasteiger partial charge is 1.00 e. The molecule has 5 heteroatoms. The Labute approximate surface area is 90.7 Å². The van der Waals surface area contributed by atoms with Gasteiger partial charge in [-0.1, -0.05) is 13.0 Å². The summed E-state index contributed by atoms with van der Waals surface area (Å²) in [4.78, 5) is 15.9. The number of nitrogens with zero attached hydrogens (tertiary/aromatic N) is 1. The molecule has 0 saturated carbocycles. The van der Waals surface area contributed by atoms with Gasteiger partial charge in [-0.05, 0) is 6.92 Å². The quantitative estimate of drug-likeness (QED) is 0.262. The molecule has 70 valence electrons. The van der Waals surface area contributed by atoms with Crippen molar-refractivity contribution in [2.45, 2.75) is 13.8 Å². The van der Waals surface area contributed by atoms with Crippen LogP contribution in [-0.2, 0) is 9.63 Å². The van der Waals surface area contributed by atoms with Crippen molar-refractivity contribution in [2.24, 2.45) is 5.92 Å². The summed E-state index contributed by atoms with van der Waals surface area (Å²) >= 11 is 0. The zero-order valence-corrected chi connectivity index (χ0v) is 8.83. The molecule has 0 spiro atoms. The molecule has 0 aromatic rings. The minimum absolute atomic E-state index is 0. The average Bonchev–Trinajstić information content (AvgIpc) is 2.12. The number of carbonyl (C=O) groups is 1. The maximum atomic E-state index is 11.2. The molecule has 0 aromatic carbocycles. The van der Waals surface area contributed by atoms with Crippen molar-refractivity contribution < 1.29 is 33.6 Å². The van der Waals surface area contributed by atoms with Crippen LogP contribution >= 0.6 is 0 Å². The number of amides is 1. The third kappa shape index (κ3) is 4.37. The van der Waals surface area contributed by atoms with Crippen LogP contribution in [0.1, 0.15) is 13.8 Å². The Morgan fingerprint density at radius 1 is 1.62 bits per heavy atom. The van der Waals surface area contributed by atoms with Gasteiger partial charge in [-0.2, -0.15) is 0 Å². The molecule has 13 heavy (non-hydrogen) atoms. The van der Waals surface area contributed by atoms with Crippen LogP contribution in [0.3, 0.4) is 0 Å². The van der Waals surface area contributed by atoms with Crippen LogP contribution in [0, 0.1) is 5.92 Å². The second kappa shape index (κ2) is 7.02. The van der Waals surface area contributed by atoms with E-state index < -0.39 is 5.92 Å². The Morgan fingerprint density at radius 3 is 2.38 bits per heavy atom. The Morgan fingerprint density at radius 2 is 2.08 bits per heavy atom. The number of carbonyl (C=O) groups excluding carboxylic acids is 1. The van der Waals surface area contributed by atoms with Gasteiger partial charge in [0.2, 0.25) is 0 Å². The predicted octanol–water partition coefficient (Wildman–Crippen LogP) is -3.09. The summed E-state index contributed by atoms with van der Waals surface area (Å²) in [5.74, 6) is -1.18. The van der Waals surface area contributed by atoms with E-state index in [4.69, 9.17) is 0 Å². The molecule has 0 aromatic heterocycles. The average molecular weight is 179 g/mol. The molecule has 1 atom stereocenters. The summed E-state index contributed by atoms with van der Waals surface area (Å²) in [6, 6.07) is 0. The summed E-state index contributed by atoms with van der Waals surface area (Å²) in [7, 11) is 2.85. The van der Waals surface area contributed by atoms with Crippen molar-refractivity contribution in [3.63, 3.8) is 0 Å². The van der Waals surface area contributed by atoms with Crippen LogP contribution in [0.15, 0.2) is 11.8 Å². The van der Waals surface area contributed by atoms with E-state index in [0.29, 0.717) is 0 Å². The molecule has 0 radical (unpaired) electrons. The number of hydrogen-bond acceptors (Lipinski definition) is 3. The van der Waals surface area contributed by atoms with Crippen LogP contribution in [0.4, 0.5) is 0 Å². The molecule has 0 saturated heterocycles. The Bertz CT molecular complexity index is 194. The van der Waals surface area contributed by atoms with Gasteiger partial charge >= 0.3 is 18.9 Å². The Hall–Kier alpha value is -0.433. The van der Waals surface area contributed by atoms with Crippen molar-refractivity contribution in [3.8, 4) is 0 Å². The monoisotopic (exact) mass is 179 g/mol. The van der Waals surface area contributed by atoms with E-state index in [-0.39, 0.29) is 30.5 Å². The Balaban J connectivity index is 0. The van der Waals surface area contributed by atoms with Crippen molar-refractivity contribution in [1.82, 2.24) is 5.06 Å². The van der Waals surface area contributed by atoms with Gasteiger partial charge in [0, 0.05) is 13.0 Å². The van der Waals surface area contributed by atoms with Gasteiger partial charge in [-0.15, -0.1) is 5.76 Å². The summed E-state index contributed by atoms with van der Waals surface area (Å²) in [6.07, 6.45) is 1.38. The van der Waals surface area contributed by atoms with E-state index in [2.05, 4.69) is 4.84 Å². The van der Waals surface area contributed by atoms with Crippen LogP contribution in [-0.4, -0.2) is 25.1 Å². The summed E-state index contributed by atoms with van der Waals surface area (Å²) in [6.45, 7) is 3.17. The van der Waals surface area contributed by atoms with Crippen LogP contribution in [0.2, 0.25) is 0 Å². The van der Waals surface area contributed by atoms with Gasteiger partial charge < -0.3 is 5.11 Å². The fourth-order valence-electron chi connectivity index (χ4n) is 0.734. The number of hydroxylamine groups is 2. The fourth-order valence-corrected chi connectivity index (χ4v) is 0.734. The minimum atomic E-state index is -0.653. The first kappa shape index (κ1) is 15.1. The van der Waals surface area contributed by atoms with Gasteiger partial charge in [0.15, 0.2) is 0 Å². The molecule has 0 bridgehead atoms. The van der Waals surface area contributed by atoms with Gasteiger partial charge in [0.1, 0.15) is 0 Å². The molecule has 0 rings (SSSR count). The summed E-state index contributed by atoms with van der Waals surface area (Å²) < 4.78 is 0. The van der Waals surface area contributed by atoms with Crippen LogP contribution in [0.5, 0.6) is 0 Å². The minimum Gasteiger partial charge on any atom is -0.875 e. The second-order valence-electron chi connectivity index (χ2n) is 2.43. The van der Waals surface area contributed by atoms with Gasteiger partial charge in [-0.25, -0.2) is 5.06 Å². The van der Waals surface area contributed by atoms with E-state index in [1.807, 2.05) is 0 Å². The molecule has 1 amide bonds. The molecule has 0 aliphatic carbocycles. The summed E-state index contributed by atoms with van der Waals surface area (Å²) in [5, 5.41) is 12.1. The number of rotatable bonds is 3. The third-order valence-electron chi connectivity index (χ3n) is 1.67. The molecule has 0 N–H and O–H groups in total. The topological polar surface area (TPSA) is 52.6 Å². The molecule has 0 fully saturated rings.